The molecule has 0 aliphatic carbocycles. The lowest BCUT2D eigenvalue weighted by Crippen LogP contribution is -2.04. The fraction of sp³-hybridized carbons (Fsp3) is 0.143. The third-order valence-electron chi connectivity index (χ3n) is 2.75. The van der Waals surface area contributed by atoms with Crippen molar-refractivity contribution in [3.8, 4) is 11.3 Å². The fourth-order valence-electron chi connectivity index (χ4n) is 1.81. The van der Waals surface area contributed by atoms with E-state index in [0.29, 0.717) is 22.3 Å². The second-order valence-corrected chi connectivity index (χ2v) is 4.83. The number of aromatic carboxylic acids is 1. The zero-order chi connectivity index (χ0) is 14.0. The highest BCUT2D eigenvalue weighted by Gasteiger charge is 2.13. The smallest absolute Gasteiger partial charge is 0.337 e. The van der Waals surface area contributed by atoms with E-state index in [9.17, 15) is 9.18 Å². The number of aromatic nitrogens is 1. The van der Waals surface area contributed by atoms with E-state index in [1.807, 2.05) is 6.92 Å². The van der Waals surface area contributed by atoms with Crippen molar-refractivity contribution in [3.63, 3.8) is 0 Å². The first-order chi connectivity index (χ1) is 9.02. The molecule has 1 aromatic heterocycles. The van der Waals surface area contributed by atoms with Gasteiger partial charge in [0.2, 0.25) is 0 Å². The fourth-order valence-corrected chi connectivity index (χ4v) is 2.37. The minimum atomic E-state index is -0.992. The minimum Gasteiger partial charge on any atom is -0.478 e. The molecule has 2 rings (SSSR count). The summed E-state index contributed by atoms with van der Waals surface area (Å²) in [5.74, 6) is -1.33. The summed E-state index contributed by atoms with van der Waals surface area (Å²) in [6.07, 6.45) is 0.522. The molecule has 0 aliphatic rings. The standard InChI is InChI=1S/C14H11BrFNO2/c1-2-12-10(14(18)19)5-6-13(17-12)9-4-3-8(16)7-11(9)15/h3-7H,2H2,1H3,(H,18,19). The number of rotatable bonds is 3. The molecule has 3 nitrogen and oxygen atoms in total. The molecule has 0 radical (unpaired) electrons. The minimum absolute atomic E-state index is 0.199. The van der Waals surface area contributed by atoms with E-state index in [-0.39, 0.29) is 11.4 Å². The number of benzene rings is 1. The van der Waals surface area contributed by atoms with E-state index in [2.05, 4.69) is 20.9 Å². The van der Waals surface area contributed by atoms with Gasteiger partial charge in [0.15, 0.2) is 0 Å². The maximum absolute atomic E-state index is 13.1. The summed E-state index contributed by atoms with van der Waals surface area (Å²) >= 11 is 3.28. The van der Waals surface area contributed by atoms with Crippen LogP contribution in [-0.4, -0.2) is 16.1 Å². The summed E-state index contributed by atoms with van der Waals surface area (Å²) in [4.78, 5) is 15.4. The highest BCUT2D eigenvalue weighted by Crippen LogP contribution is 2.28. The van der Waals surface area contributed by atoms with Crippen LogP contribution in [0.1, 0.15) is 23.0 Å². The Bertz CT molecular complexity index is 643. The molecule has 0 fully saturated rings. The largest absolute Gasteiger partial charge is 0.478 e. The Labute approximate surface area is 118 Å². The number of halogens is 2. The van der Waals surface area contributed by atoms with Crippen LogP contribution in [0.2, 0.25) is 0 Å². The molecule has 0 aliphatic heterocycles. The normalized spacial score (nSPS) is 10.5. The molecule has 0 spiro atoms. The van der Waals surface area contributed by atoms with Crippen molar-refractivity contribution in [1.29, 1.82) is 0 Å². The predicted octanol–water partition coefficient (Wildman–Crippen LogP) is 3.91. The molecule has 98 valence electrons. The van der Waals surface area contributed by atoms with Gasteiger partial charge in [0, 0.05) is 10.0 Å². The molecule has 1 aromatic carbocycles. The summed E-state index contributed by atoms with van der Waals surface area (Å²) in [5.41, 5.74) is 2.06. The zero-order valence-electron chi connectivity index (χ0n) is 10.2. The van der Waals surface area contributed by atoms with Crippen LogP contribution in [0.15, 0.2) is 34.8 Å². The first-order valence-corrected chi connectivity index (χ1v) is 6.51. The number of carboxylic acids is 1. The molecule has 1 heterocycles. The maximum atomic E-state index is 13.1. The molecule has 0 atom stereocenters. The van der Waals surface area contributed by atoms with Crippen molar-refractivity contribution >= 4 is 21.9 Å². The molecule has 0 saturated heterocycles. The molecular formula is C14H11BrFNO2. The van der Waals surface area contributed by atoms with Crippen molar-refractivity contribution in [2.45, 2.75) is 13.3 Å². The number of carbonyl (C=O) groups is 1. The van der Waals surface area contributed by atoms with E-state index in [1.54, 1.807) is 12.1 Å². The summed E-state index contributed by atoms with van der Waals surface area (Å²) in [7, 11) is 0. The maximum Gasteiger partial charge on any atom is 0.337 e. The number of hydrogen-bond acceptors (Lipinski definition) is 2. The predicted molar refractivity (Wildman–Crippen MR) is 73.7 cm³/mol. The molecule has 5 heteroatoms. The van der Waals surface area contributed by atoms with E-state index < -0.39 is 5.97 Å². The molecule has 0 unspecified atom stereocenters. The van der Waals surface area contributed by atoms with E-state index in [0.717, 1.165) is 5.56 Å². The van der Waals surface area contributed by atoms with Gasteiger partial charge in [-0.15, -0.1) is 0 Å². The average molecular weight is 324 g/mol. The van der Waals surface area contributed by atoms with Crippen LogP contribution >= 0.6 is 15.9 Å². The molecule has 2 aromatic rings. The van der Waals surface area contributed by atoms with Crippen molar-refractivity contribution in [2.24, 2.45) is 0 Å². The van der Waals surface area contributed by atoms with E-state index in [1.165, 1.54) is 18.2 Å². The van der Waals surface area contributed by atoms with Crippen molar-refractivity contribution in [2.75, 3.05) is 0 Å². The van der Waals surface area contributed by atoms with E-state index >= 15 is 0 Å². The van der Waals surface area contributed by atoms with Crippen LogP contribution in [0.4, 0.5) is 4.39 Å². The van der Waals surface area contributed by atoms with Gasteiger partial charge in [0.1, 0.15) is 5.82 Å². The Morgan fingerprint density at radius 1 is 1.37 bits per heavy atom. The van der Waals surface area contributed by atoms with Crippen molar-refractivity contribution < 1.29 is 14.3 Å². The van der Waals surface area contributed by atoms with Crippen LogP contribution in [0.5, 0.6) is 0 Å². The van der Waals surface area contributed by atoms with Gasteiger partial charge < -0.3 is 5.11 Å². The third kappa shape index (κ3) is 2.81. The van der Waals surface area contributed by atoms with Crippen molar-refractivity contribution in [1.82, 2.24) is 4.98 Å². The van der Waals surface area contributed by atoms with Crippen LogP contribution in [0.25, 0.3) is 11.3 Å². The van der Waals surface area contributed by atoms with Crippen LogP contribution in [0, 0.1) is 5.82 Å². The lowest BCUT2D eigenvalue weighted by atomic mass is 10.1. The SMILES string of the molecule is CCc1nc(-c2ccc(F)cc2Br)ccc1C(=O)O. The van der Waals surface area contributed by atoms with Gasteiger partial charge in [0.25, 0.3) is 0 Å². The zero-order valence-corrected chi connectivity index (χ0v) is 11.7. The molecular weight excluding hydrogens is 313 g/mol. The Morgan fingerprint density at radius 3 is 2.68 bits per heavy atom. The summed E-state index contributed by atoms with van der Waals surface area (Å²) in [6, 6.07) is 7.47. The monoisotopic (exact) mass is 323 g/mol. The quantitative estimate of drug-likeness (QED) is 0.931. The molecule has 1 N–H and O–H groups in total. The van der Waals surface area contributed by atoms with Crippen LogP contribution in [-0.2, 0) is 6.42 Å². The van der Waals surface area contributed by atoms with Crippen LogP contribution < -0.4 is 0 Å². The number of carboxylic acid groups (broad SMARTS) is 1. The number of hydrogen-bond donors (Lipinski definition) is 1. The Kier molecular flexibility index (Phi) is 3.95. The van der Waals surface area contributed by atoms with Gasteiger partial charge in [-0.25, -0.2) is 9.18 Å². The van der Waals surface area contributed by atoms with Gasteiger partial charge in [-0.3, -0.25) is 4.98 Å². The number of pyridine rings is 1. The van der Waals surface area contributed by atoms with Gasteiger partial charge in [-0.05, 0) is 52.7 Å². The lowest BCUT2D eigenvalue weighted by molar-refractivity contribution is 0.0695. The molecule has 0 amide bonds. The first-order valence-electron chi connectivity index (χ1n) is 5.71. The third-order valence-corrected chi connectivity index (χ3v) is 3.40. The van der Waals surface area contributed by atoms with Gasteiger partial charge in [-0.2, -0.15) is 0 Å². The second kappa shape index (κ2) is 5.48. The summed E-state index contributed by atoms with van der Waals surface area (Å²) in [5, 5.41) is 9.05. The van der Waals surface area contributed by atoms with Gasteiger partial charge in [-0.1, -0.05) is 6.92 Å². The van der Waals surface area contributed by atoms with Gasteiger partial charge in [0.05, 0.1) is 17.0 Å². The Hall–Kier alpha value is -1.75. The Balaban J connectivity index is 2.54. The second-order valence-electron chi connectivity index (χ2n) is 3.97. The highest BCUT2D eigenvalue weighted by atomic mass is 79.9. The topological polar surface area (TPSA) is 50.2 Å². The summed E-state index contributed by atoms with van der Waals surface area (Å²) in [6.45, 7) is 1.85. The van der Waals surface area contributed by atoms with Crippen molar-refractivity contribution in [3.05, 3.63) is 51.9 Å². The van der Waals surface area contributed by atoms with E-state index in [4.69, 9.17) is 5.11 Å². The van der Waals surface area contributed by atoms with Gasteiger partial charge >= 0.3 is 5.97 Å². The molecule has 0 bridgehead atoms. The number of aryl methyl sites for hydroxylation is 1. The Morgan fingerprint density at radius 2 is 2.11 bits per heavy atom. The highest BCUT2D eigenvalue weighted by molar-refractivity contribution is 9.10. The molecule has 0 saturated carbocycles. The summed E-state index contributed by atoms with van der Waals surface area (Å²) < 4.78 is 13.6. The van der Waals surface area contributed by atoms with Crippen LogP contribution in [0.3, 0.4) is 0 Å². The molecule has 19 heavy (non-hydrogen) atoms. The number of nitrogens with zero attached hydrogens (tertiary/aromatic N) is 1. The lowest BCUT2D eigenvalue weighted by Gasteiger charge is -2.08. The first kappa shape index (κ1) is 13.7. The average Bonchev–Trinajstić information content (AvgIpc) is 2.37.